The molecule has 2 unspecified atom stereocenters. The summed E-state index contributed by atoms with van der Waals surface area (Å²) < 4.78 is 5.63. The number of hydrogen-bond donors (Lipinski definition) is 1. The summed E-state index contributed by atoms with van der Waals surface area (Å²) >= 11 is 0. The van der Waals surface area contributed by atoms with Crippen LogP contribution < -0.4 is 4.74 Å². The molecule has 2 aliphatic rings. The van der Waals surface area contributed by atoms with Gasteiger partial charge >= 0.3 is 5.97 Å². The summed E-state index contributed by atoms with van der Waals surface area (Å²) in [6, 6.07) is 7.76. The predicted octanol–water partition coefficient (Wildman–Crippen LogP) is 3.16. The smallest absolute Gasteiger partial charge is 0.317 e. The van der Waals surface area contributed by atoms with E-state index in [4.69, 9.17) is 4.74 Å². The molecule has 21 heavy (non-hydrogen) atoms. The number of carboxylic acid groups (broad SMARTS) is 1. The molecular formula is C17H20O4. The third-order valence-electron chi connectivity index (χ3n) is 4.88. The number of aliphatic carboxylic acids is 1. The van der Waals surface area contributed by atoms with Gasteiger partial charge in [0.15, 0.2) is 0 Å². The molecule has 1 N–H and O–H groups in total. The first-order valence-corrected chi connectivity index (χ1v) is 7.62. The SMILES string of the molecule is O=C(O)C1(CC2CCOc3ccccc32)CCCCC1=O. The first-order chi connectivity index (χ1) is 10.1. The van der Waals surface area contributed by atoms with Gasteiger partial charge in [0, 0.05) is 6.42 Å². The van der Waals surface area contributed by atoms with Crippen molar-refractivity contribution in [3.05, 3.63) is 29.8 Å². The lowest BCUT2D eigenvalue weighted by atomic mass is 9.66. The third-order valence-corrected chi connectivity index (χ3v) is 4.88. The second-order valence-corrected chi connectivity index (χ2v) is 6.09. The molecule has 1 aromatic carbocycles. The van der Waals surface area contributed by atoms with Gasteiger partial charge in [0.2, 0.25) is 0 Å². The Balaban J connectivity index is 1.91. The molecule has 1 fully saturated rings. The number of Topliss-reactive ketones (excluding diaryl/α,β-unsaturated/α-hetero) is 1. The highest BCUT2D eigenvalue weighted by molar-refractivity contribution is 6.03. The average Bonchev–Trinajstić information content (AvgIpc) is 2.50. The molecule has 0 spiro atoms. The maximum Gasteiger partial charge on any atom is 0.317 e. The summed E-state index contributed by atoms with van der Waals surface area (Å²) in [6.07, 6.45) is 3.69. The van der Waals surface area contributed by atoms with E-state index in [0.29, 0.717) is 25.9 Å². The molecular weight excluding hydrogens is 268 g/mol. The molecule has 3 rings (SSSR count). The molecule has 4 heteroatoms. The van der Waals surface area contributed by atoms with Crippen LogP contribution in [0.15, 0.2) is 24.3 Å². The molecule has 1 heterocycles. The predicted molar refractivity (Wildman–Crippen MR) is 77.5 cm³/mol. The number of hydrogen-bond acceptors (Lipinski definition) is 3. The minimum absolute atomic E-state index is 0.0908. The van der Waals surface area contributed by atoms with Crippen LogP contribution in [0.25, 0.3) is 0 Å². The number of carbonyl (C=O) groups excluding carboxylic acids is 1. The quantitative estimate of drug-likeness (QED) is 0.868. The minimum atomic E-state index is -1.19. The summed E-state index contributed by atoms with van der Waals surface area (Å²) in [7, 11) is 0. The number of fused-ring (bicyclic) bond motifs is 1. The molecule has 1 aliphatic carbocycles. The van der Waals surface area contributed by atoms with Crippen molar-refractivity contribution < 1.29 is 19.4 Å². The summed E-state index contributed by atoms with van der Waals surface area (Å²) in [6.45, 7) is 0.589. The van der Waals surface area contributed by atoms with E-state index in [2.05, 4.69) is 0 Å². The molecule has 1 aromatic rings. The van der Waals surface area contributed by atoms with E-state index in [-0.39, 0.29) is 11.7 Å². The number of benzene rings is 1. The van der Waals surface area contributed by atoms with Gasteiger partial charge in [-0.05, 0) is 43.2 Å². The molecule has 112 valence electrons. The maximum atomic E-state index is 12.3. The fourth-order valence-electron chi connectivity index (χ4n) is 3.67. The average molecular weight is 288 g/mol. The van der Waals surface area contributed by atoms with Crippen molar-refractivity contribution in [2.75, 3.05) is 6.61 Å². The highest BCUT2D eigenvalue weighted by Gasteiger charge is 2.48. The van der Waals surface area contributed by atoms with Crippen molar-refractivity contribution >= 4 is 11.8 Å². The third kappa shape index (κ3) is 2.43. The Hall–Kier alpha value is -1.84. The van der Waals surface area contributed by atoms with E-state index >= 15 is 0 Å². The van der Waals surface area contributed by atoms with Gasteiger partial charge in [-0.1, -0.05) is 24.6 Å². The zero-order valence-corrected chi connectivity index (χ0v) is 12.0. The molecule has 2 atom stereocenters. The van der Waals surface area contributed by atoms with Crippen LogP contribution in [-0.2, 0) is 9.59 Å². The Kier molecular flexibility index (Phi) is 3.70. The van der Waals surface area contributed by atoms with Gasteiger partial charge in [0.1, 0.15) is 16.9 Å². The fourth-order valence-corrected chi connectivity index (χ4v) is 3.67. The van der Waals surface area contributed by atoms with Crippen LogP contribution in [0, 0.1) is 5.41 Å². The molecule has 0 radical (unpaired) electrons. The summed E-state index contributed by atoms with van der Waals surface area (Å²) in [5.41, 5.74) is -0.143. The number of ether oxygens (including phenoxy) is 1. The van der Waals surface area contributed by atoms with E-state index in [9.17, 15) is 14.7 Å². The molecule has 1 aliphatic heterocycles. The van der Waals surface area contributed by atoms with Gasteiger partial charge < -0.3 is 9.84 Å². The highest BCUT2D eigenvalue weighted by Crippen LogP contribution is 2.45. The van der Waals surface area contributed by atoms with E-state index < -0.39 is 11.4 Å². The van der Waals surface area contributed by atoms with Crippen LogP contribution in [0.3, 0.4) is 0 Å². The van der Waals surface area contributed by atoms with E-state index in [1.807, 2.05) is 24.3 Å². The number of para-hydroxylation sites is 1. The van der Waals surface area contributed by atoms with Crippen LogP contribution in [0.2, 0.25) is 0 Å². The van der Waals surface area contributed by atoms with Gasteiger partial charge in [-0.25, -0.2) is 0 Å². The molecule has 0 amide bonds. The largest absolute Gasteiger partial charge is 0.493 e. The molecule has 0 aromatic heterocycles. The topological polar surface area (TPSA) is 63.6 Å². The summed E-state index contributed by atoms with van der Waals surface area (Å²) in [4.78, 5) is 24.2. The van der Waals surface area contributed by atoms with Crippen molar-refractivity contribution in [2.45, 2.75) is 44.4 Å². The van der Waals surface area contributed by atoms with Crippen molar-refractivity contribution in [1.29, 1.82) is 0 Å². The van der Waals surface area contributed by atoms with Gasteiger partial charge in [0.25, 0.3) is 0 Å². The van der Waals surface area contributed by atoms with Gasteiger partial charge in [0.05, 0.1) is 6.61 Å². The van der Waals surface area contributed by atoms with Crippen LogP contribution >= 0.6 is 0 Å². The Bertz CT molecular complexity index is 566. The van der Waals surface area contributed by atoms with Crippen LogP contribution in [0.1, 0.15) is 50.0 Å². The number of rotatable bonds is 3. The maximum absolute atomic E-state index is 12.3. The lowest BCUT2D eigenvalue weighted by Crippen LogP contribution is -2.43. The fraction of sp³-hybridized carbons (Fsp3) is 0.529. The second-order valence-electron chi connectivity index (χ2n) is 6.09. The molecule has 0 bridgehead atoms. The first kappa shape index (κ1) is 14.1. The lowest BCUT2D eigenvalue weighted by molar-refractivity contribution is -0.158. The zero-order chi connectivity index (χ0) is 14.9. The van der Waals surface area contributed by atoms with Crippen molar-refractivity contribution in [3.8, 4) is 5.75 Å². The minimum Gasteiger partial charge on any atom is -0.493 e. The van der Waals surface area contributed by atoms with Crippen LogP contribution in [-0.4, -0.2) is 23.5 Å². The monoisotopic (exact) mass is 288 g/mol. The van der Waals surface area contributed by atoms with Crippen molar-refractivity contribution in [2.24, 2.45) is 5.41 Å². The van der Waals surface area contributed by atoms with Gasteiger partial charge in [-0.3, -0.25) is 9.59 Å². The van der Waals surface area contributed by atoms with Crippen molar-refractivity contribution in [1.82, 2.24) is 0 Å². The standard InChI is InChI=1S/C17H20O4/c18-15-7-3-4-9-17(15,16(19)20)11-12-8-10-21-14-6-2-1-5-13(12)14/h1-2,5-6,12H,3-4,7-11H2,(H,19,20). The molecule has 1 saturated carbocycles. The number of carboxylic acids is 1. The van der Waals surface area contributed by atoms with E-state index in [0.717, 1.165) is 30.6 Å². The Morgan fingerprint density at radius 1 is 1.33 bits per heavy atom. The number of carbonyl (C=O) groups is 2. The Morgan fingerprint density at radius 3 is 2.90 bits per heavy atom. The zero-order valence-electron chi connectivity index (χ0n) is 12.0. The van der Waals surface area contributed by atoms with Crippen LogP contribution in [0.5, 0.6) is 5.75 Å². The second kappa shape index (κ2) is 5.51. The summed E-state index contributed by atoms with van der Waals surface area (Å²) in [5, 5.41) is 9.69. The molecule has 0 saturated heterocycles. The highest BCUT2D eigenvalue weighted by atomic mass is 16.5. The van der Waals surface area contributed by atoms with Gasteiger partial charge in [-0.15, -0.1) is 0 Å². The van der Waals surface area contributed by atoms with E-state index in [1.165, 1.54) is 0 Å². The normalized spacial score (nSPS) is 28.6. The Morgan fingerprint density at radius 2 is 2.14 bits per heavy atom. The summed E-state index contributed by atoms with van der Waals surface area (Å²) in [5.74, 6) is -0.118. The lowest BCUT2D eigenvalue weighted by Gasteiger charge is -2.36. The van der Waals surface area contributed by atoms with Crippen molar-refractivity contribution in [3.63, 3.8) is 0 Å². The van der Waals surface area contributed by atoms with Crippen LogP contribution in [0.4, 0.5) is 0 Å². The first-order valence-electron chi connectivity index (χ1n) is 7.62. The Labute approximate surface area is 124 Å². The number of ketones is 1. The molecule has 4 nitrogen and oxygen atoms in total. The van der Waals surface area contributed by atoms with E-state index in [1.54, 1.807) is 0 Å². The van der Waals surface area contributed by atoms with Gasteiger partial charge in [-0.2, -0.15) is 0 Å².